The third-order valence-electron chi connectivity index (χ3n) is 6.31. The van der Waals surface area contributed by atoms with Gasteiger partial charge in [0, 0.05) is 24.5 Å². The number of piperidine rings is 1. The molecule has 4 N–H and O–H groups in total. The Balaban J connectivity index is 1.42. The molecule has 192 valence electrons. The molecule has 1 fully saturated rings. The number of hydrogen-bond donors (Lipinski definition) is 4. The van der Waals surface area contributed by atoms with Crippen molar-refractivity contribution < 1.29 is 27.9 Å². The number of carboxylic acid groups (broad SMARTS) is 1. The SMILES string of the molecule is Cn1c(C(=O)NC[C@H](NS(=O)(=O)c2ccccc2)C(=O)O)cc2cc(OCC3CCNCC3)ccc21. The number of aryl methyl sites for hydroxylation is 1. The van der Waals surface area contributed by atoms with Crippen molar-refractivity contribution in [3.8, 4) is 5.75 Å². The first-order valence-electron chi connectivity index (χ1n) is 11.8. The summed E-state index contributed by atoms with van der Waals surface area (Å²) in [5.41, 5.74) is 1.13. The van der Waals surface area contributed by atoms with E-state index < -0.39 is 34.5 Å². The van der Waals surface area contributed by atoms with Gasteiger partial charge in [-0.15, -0.1) is 0 Å². The minimum absolute atomic E-state index is 0.0607. The van der Waals surface area contributed by atoms with Crippen LogP contribution in [-0.2, 0) is 21.9 Å². The van der Waals surface area contributed by atoms with Crippen molar-refractivity contribution in [3.63, 3.8) is 0 Å². The van der Waals surface area contributed by atoms with E-state index in [1.54, 1.807) is 23.7 Å². The molecule has 1 aliphatic rings. The number of benzene rings is 2. The van der Waals surface area contributed by atoms with Crippen LogP contribution < -0.4 is 20.1 Å². The van der Waals surface area contributed by atoms with Crippen LogP contribution in [-0.4, -0.2) is 62.3 Å². The van der Waals surface area contributed by atoms with Crippen LogP contribution in [0.4, 0.5) is 0 Å². The molecule has 11 heteroatoms. The van der Waals surface area contributed by atoms with Crippen molar-refractivity contribution in [2.75, 3.05) is 26.2 Å². The summed E-state index contributed by atoms with van der Waals surface area (Å²) in [4.78, 5) is 24.5. The van der Waals surface area contributed by atoms with E-state index >= 15 is 0 Å². The van der Waals surface area contributed by atoms with Crippen molar-refractivity contribution in [3.05, 3.63) is 60.3 Å². The number of carboxylic acids is 1. The predicted molar refractivity (Wildman–Crippen MR) is 135 cm³/mol. The summed E-state index contributed by atoms with van der Waals surface area (Å²) in [6.45, 7) is 2.22. The van der Waals surface area contributed by atoms with Crippen molar-refractivity contribution in [2.45, 2.75) is 23.8 Å². The highest BCUT2D eigenvalue weighted by molar-refractivity contribution is 7.89. The lowest BCUT2D eigenvalue weighted by molar-refractivity contribution is -0.138. The smallest absolute Gasteiger partial charge is 0.323 e. The van der Waals surface area contributed by atoms with E-state index in [4.69, 9.17) is 4.74 Å². The van der Waals surface area contributed by atoms with Gasteiger partial charge in [0.25, 0.3) is 5.91 Å². The van der Waals surface area contributed by atoms with Crippen LogP contribution in [0.3, 0.4) is 0 Å². The van der Waals surface area contributed by atoms with Crippen LogP contribution in [0.5, 0.6) is 5.75 Å². The maximum Gasteiger partial charge on any atom is 0.323 e. The van der Waals surface area contributed by atoms with Gasteiger partial charge in [-0.25, -0.2) is 8.42 Å². The molecule has 0 unspecified atom stereocenters. The molecule has 10 nitrogen and oxygen atoms in total. The van der Waals surface area contributed by atoms with E-state index in [1.165, 1.54) is 24.3 Å². The summed E-state index contributed by atoms with van der Waals surface area (Å²) in [5.74, 6) is -0.682. The molecule has 36 heavy (non-hydrogen) atoms. The van der Waals surface area contributed by atoms with Gasteiger partial charge in [0.05, 0.1) is 11.5 Å². The number of carbonyl (C=O) groups excluding carboxylic acids is 1. The molecule has 2 heterocycles. The largest absolute Gasteiger partial charge is 0.493 e. The van der Waals surface area contributed by atoms with Crippen LogP contribution in [0.2, 0.25) is 0 Å². The molecule has 1 aromatic heterocycles. The lowest BCUT2D eigenvalue weighted by atomic mass is 9.99. The van der Waals surface area contributed by atoms with Gasteiger partial charge in [-0.05, 0) is 68.2 Å². The average Bonchev–Trinajstić information content (AvgIpc) is 3.21. The van der Waals surface area contributed by atoms with Crippen molar-refractivity contribution in [2.24, 2.45) is 13.0 Å². The molecule has 0 spiro atoms. The fraction of sp³-hybridized carbons (Fsp3) is 0.360. The maximum absolute atomic E-state index is 12.9. The number of rotatable bonds is 10. The number of amides is 1. The first kappa shape index (κ1) is 25.7. The Labute approximate surface area is 209 Å². The van der Waals surface area contributed by atoms with E-state index in [1.807, 2.05) is 18.2 Å². The number of fused-ring (bicyclic) bond motifs is 1. The number of ether oxygens (including phenoxy) is 1. The van der Waals surface area contributed by atoms with Crippen LogP contribution in [0.25, 0.3) is 10.9 Å². The lowest BCUT2D eigenvalue weighted by Crippen LogP contribution is -2.48. The summed E-state index contributed by atoms with van der Waals surface area (Å²) in [7, 11) is -2.33. The zero-order valence-electron chi connectivity index (χ0n) is 19.9. The van der Waals surface area contributed by atoms with Gasteiger partial charge in [-0.1, -0.05) is 18.2 Å². The Morgan fingerprint density at radius 2 is 1.86 bits per heavy atom. The topological polar surface area (TPSA) is 139 Å². The fourth-order valence-corrected chi connectivity index (χ4v) is 5.43. The van der Waals surface area contributed by atoms with Gasteiger partial charge in [0.1, 0.15) is 17.5 Å². The standard InChI is InChI=1S/C25H30N4O6S/c1-29-22-8-7-19(35-16-17-9-11-26-12-10-17)13-18(22)14-23(29)24(30)27-15-21(25(31)32)28-36(33,34)20-5-3-2-4-6-20/h2-8,13-14,17,21,26,28H,9-12,15-16H2,1H3,(H,27,30)(H,31,32)/t21-/m0/s1. The molecule has 0 radical (unpaired) electrons. The molecule has 0 bridgehead atoms. The van der Waals surface area contributed by atoms with Crippen molar-refractivity contribution in [1.29, 1.82) is 0 Å². The van der Waals surface area contributed by atoms with E-state index in [0.29, 0.717) is 18.2 Å². The molecule has 4 rings (SSSR count). The van der Waals surface area contributed by atoms with E-state index in [9.17, 15) is 23.1 Å². The van der Waals surface area contributed by atoms with Crippen LogP contribution in [0, 0.1) is 5.92 Å². The monoisotopic (exact) mass is 514 g/mol. The normalized spacial score (nSPS) is 15.5. The second-order valence-electron chi connectivity index (χ2n) is 8.85. The molecule has 0 saturated carbocycles. The number of aromatic nitrogens is 1. The lowest BCUT2D eigenvalue weighted by Gasteiger charge is -2.22. The number of nitrogens with zero attached hydrogens (tertiary/aromatic N) is 1. The fourth-order valence-electron chi connectivity index (χ4n) is 4.22. The van der Waals surface area contributed by atoms with Gasteiger partial charge < -0.3 is 25.0 Å². The first-order chi connectivity index (χ1) is 17.2. The van der Waals surface area contributed by atoms with E-state index in [-0.39, 0.29) is 4.90 Å². The molecular weight excluding hydrogens is 484 g/mol. The van der Waals surface area contributed by atoms with Gasteiger partial charge in [-0.3, -0.25) is 9.59 Å². The number of carbonyl (C=O) groups is 2. The zero-order chi connectivity index (χ0) is 25.7. The van der Waals surface area contributed by atoms with Gasteiger partial charge in [0.15, 0.2) is 0 Å². The van der Waals surface area contributed by atoms with Crippen LogP contribution in [0.1, 0.15) is 23.3 Å². The van der Waals surface area contributed by atoms with Gasteiger partial charge >= 0.3 is 5.97 Å². The second kappa shape index (κ2) is 11.1. The minimum Gasteiger partial charge on any atom is -0.493 e. The molecule has 1 atom stereocenters. The molecule has 3 aromatic rings. The number of hydrogen-bond acceptors (Lipinski definition) is 6. The Morgan fingerprint density at radius 1 is 1.14 bits per heavy atom. The Bertz CT molecular complexity index is 1330. The predicted octanol–water partition coefficient (Wildman–Crippen LogP) is 1.72. The summed E-state index contributed by atoms with van der Waals surface area (Å²) in [5, 5.41) is 16.2. The molecule has 0 aliphatic carbocycles. The van der Waals surface area contributed by atoms with Gasteiger partial charge in [-0.2, -0.15) is 4.72 Å². The average molecular weight is 515 g/mol. The summed E-state index contributed by atoms with van der Waals surface area (Å²) < 4.78 is 34.8. The Hall–Kier alpha value is -3.41. The number of nitrogens with one attached hydrogen (secondary N) is 3. The zero-order valence-corrected chi connectivity index (χ0v) is 20.8. The highest BCUT2D eigenvalue weighted by atomic mass is 32.2. The molecular formula is C25H30N4O6S. The van der Waals surface area contributed by atoms with Crippen LogP contribution >= 0.6 is 0 Å². The minimum atomic E-state index is -4.07. The molecule has 1 saturated heterocycles. The highest BCUT2D eigenvalue weighted by Crippen LogP contribution is 2.25. The summed E-state index contributed by atoms with van der Waals surface area (Å²) in [6.07, 6.45) is 2.16. The third-order valence-corrected chi connectivity index (χ3v) is 7.79. The second-order valence-corrected chi connectivity index (χ2v) is 10.6. The number of sulfonamides is 1. The third kappa shape index (κ3) is 6.04. The molecule has 2 aromatic carbocycles. The van der Waals surface area contributed by atoms with Gasteiger partial charge in [0.2, 0.25) is 10.0 Å². The van der Waals surface area contributed by atoms with Crippen LogP contribution in [0.15, 0.2) is 59.5 Å². The summed E-state index contributed by atoms with van der Waals surface area (Å²) in [6, 6.07) is 13.2. The van der Waals surface area contributed by atoms with E-state index in [2.05, 4.69) is 15.4 Å². The van der Waals surface area contributed by atoms with E-state index in [0.717, 1.165) is 42.6 Å². The maximum atomic E-state index is 12.9. The van der Waals surface area contributed by atoms with Crippen molar-refractivity contribution in [1.82, 2.24) is 19.9 Å². The van der Waals surface area contributed by atoms with Crippen molar-refractivity contribution >= 4 is 32.8 Å². The molecule has 1 amide bonds. The molecule has 1 aliphatic heterocycles. The Kier molecular flexibility index (Phi) is 7.92. The Morgan fingerprint density at radius 3 is 2.56 bits per heavy atom. The quantitative estimate of drug-likeness (QED) is 0.323. The highest BCUT2D eigenvalue weighted by Gasteiger charge is 2.26. The first-order valence-corrected chi connectivity index (χ1v) is 13.2. The summed E-state index contributed by atoms with van der Waals surface area (Å²) >= 11 is 0. The number of aliphatic carboxylic acids is 1.